The smallest absolute Gasteiger partial charge is 0.0790 e. The van der Waals surface area contributed by atoms with Crippen molar-refractivity contribution in [2.45, 2.75) is 44.9 Å². The first-order valence-corrected chi connectivity index (χ1v) is 7.54. The van der Waals surface area contributed by atoms with E-state index in [0.717, 1.165) is 6.54 Å². The summed E-state index contributed by atoms with van der Waals surface area (Å²) in [7, 11) is 4.27. The Morgan fingerprint density at radius 2 is 1.63 bits per heavy atom. The van der Waals surface area contributed by atoms with Crippen LogP contribution in [-0.2, 0) is 4.74 Å². The molecule has 0 saturated carbocycles. The second-order valence-electron chi connectivity index (χ2n) is 7.29. The molecule has 2 unspecified atom stereocenters. The monoisotopic (exact) mass is 269 g/mol. The summed E-state index contributed by atoms with van der Waals surface area (Å²) in [5.41, 5.74) is -0.143. The maximum Gasteiger partial charge on any atom is 0.0790 e. The number of nitrogens with one attached hydrogen (secondary N) is 1. The van der Waals surface area contributed by atoms with Crippen molar-refractivity contribution in [3.63, 3.8) is 0 Å². The Morgan fingerprint density at radius 3 is 2.16 bits per heavy atom. The largest absolute Gasteiger partial charge is 0.368 e. The van der Waals surface area contributed by atoms with Crippen LogP contribution < -0.4 is 5.32 Å². The summed E-state index contributed by atoms with van der Waals surface area (Å²) >= 11 is 0. The molecule has 2 aliphatic heterocycles. The van der Waals surface area contributed by atoms with Crippen LogP contribution in [0.5, 0.6) is 0 Å². The maximum absolute atomic E-state index is 6.32. The molecule has 2 fully saturated rings. The molecule has 2 saturated heterocycles. The molecule has 0 aromatic heterocycles. The van der Waals surface area contributed by atoms with E-state index < -0.39 is 0 Å². The summed E-state index contributed by atoms with van der Waals surface area (Å²) in [6.07, 6.45) is 0. The predicted molar refractivity (Wildman–Crippen MR) is 79.5 cm³/mol. The molecule has 4 heteroatoms. The Hall–Kier alpha value is -0.160. The lowest BCUT2D eigenvalue weighted by Crippen LogP contribution is -2.53. The number of hydrogen-bond donors (Lipinski definition) is 1. The SMILES string of the molecule is CNC1C(CN2CCN(C)CC2)C(C)(C)OC1(C)C. The third kappa shape index (κ3) is 3.13. The molecule has 2 atom stereocenters. The Balaban J connectivity index is 2.04. The van der Waals surface area contributed by atoms with E-state index in [9.17, 15) is 0 Å². The lowest BCUT2D eigenvalue weighted by Gasteiger charge is -2.38. The van der Waals surface area contributed by atoms with Crippen LogP contribution >= 0.6 is 0 Å². The topological polar surface area (TPSA) is 27.7 Å². The van der Waals surface area contributed by atoms with E-state index in [1.807, 2.05) is 0 Å². The van der Waals surface area contributed by atoms with Gasteiger partial charge in [0, 0.05) is 44.7 Å². The highest BCUT2D eigenvalue weighted by molar-refractivity contribution is 5.05. The quantitative estimate of drug-likeness (QED) is 0.828. The highest BCUT2D eigenvalue weighted by Gasteiger charge is 2.53. The first-order chi connectivity index (χ1) is 8.76. The van der Waals surface area contributed by atoms with Crippen LogP contribution in [0.4, 0.5) is 0 Å². The number of ether oxygens (including phenoxy) is 1. The van der Waals surface area contributed by atoms with E-state index in [-0.39, 0.29) is 11.2 Å². The van der Waals surface area contributed by atoms with Gasteiger partial charge in [-0.1, -0.05) is 0 Å². The van der Waals surface area contributed by atoms with Gasteiger partial charge < -0.3 is 19.9 Å². The van der Waals surface area contributed by atoms with Crippen LogP contribution in [0.3, 0.4) is 0 Å². The van der Waals surface area contributed by atoms with Gasteiger partial charge in [-0.3, -0.25) is 0 Å². The highest BCUT2D eigenvalue weighted by atomic mass is 16.5. The lowest BCUT2D eigenvalue weighted by molar-refractivity contribution is -0.0799. The van der Waals surface area contributed by atoms with Crippen molar-refractivity contribution in [1.82, 2.24) is 15.1 Å². The predicted octanol–water partition coefficient (Wildman–Crippen LogP) is 1.03. The number of piperazine rings is 1. The summed E-state index contributed by atoms with van der Waals surface area (Å²) < 4.78 is 6.32. The minimum Gasteiger partial charge on any atom is -0.368 e. The fraction of sp³-hybridized carbons (Fsp3) is 1.00. The molecule has 0 aliphatic carbocycles. The summed E-state index contributed by atoms with van der Waals surface area (Å²) in [5.74, 6) is 0.538. The first kappa shape index (κ1) is 15.2. The summed E-state index contributed by atoms with van der Waals surface area (Å²) in [4.78, 5) is 5.01. The average Bonchev–Trinajstić information content (AvgIpc) is 2.46. The molecule has 112 valence electrons. The molecule has 2 aliphatic rings. The van der Waals surface area contributed by atoms with Crippen molar-refractivity contribution in [2.24, 2.45) is 5.92 Å². The van der Waals surface area contributed by atoms with E-state index in [2.05, 4.69) is 56.9 Å². The lowest BCUT2D eigenvalue weighted by atomic mass is 9.82. The molecule has 2 heterocycles. The number of likely N-dealkylation sites (N-methyl/N-ethyl adjacent to an activating group) is 2. The van der Waals surface area contributed by atoms with Gasteiger partial charge in [-0.15, -0.1) is 0 Å². The summed E-state index contributed by atoms with van der Waals surface area (Å²) in [6, 6.07) is 0.419. The van der Waals surface area contributed by atoms with Crippen molar-refractivity contribution in [2.75, 3.05) is 46.8 Å². The van der Waals surface area contributed by atoms with Crippen LogP contribution in [-0.4, -0.2) is 73.9 Å². The molecule has 2 rings (SSSR count). The molecule has 0 spiro atoms. The van der Waals surface area contributed by atoms with Crippen LogP contribution in [0.1, 0.15) is 27.7 Å². The highest BCUT2D eigenvalue weighted by Crippen LogP contribution is 2.42. The van der Waals surface area contributed by atoms with Crippen molar-refractivity contribution < 1.29 is 4.74 Å². The molecule has 0 bridgehead atoms. The number of nitrogens with zero attached hydrogens (tertiary/aromatic N) is 2. The third-order valence-corrected chi connectivity index (χ3v) is 4.93. The minimum atomic E-state index is -0.0878. The van der Waals surface area contributed by atoms with Gasteiger partial charge in [0.15, 0.2) is 0 Å². The van der Waals surface area contributed by atoms with Crippen LogP contribution in [0.2, 0.25) is 0 Å². The Bertz CT molecular complexity index is 309. The third-order valence-electron chi connectivity index (χ3n) is 4.93. The van der Waals surface area contributed by atoms with Crippen molar-refractivity contribution in [3.05, 3.63) is 0 Å². The van der Waals surface area contributed by atoms with Gasteiger partial charge in [0.2, 0.25) is 0 Å². The fourth-order valence-corrected chi connectivity index (χ4v) is 3.89. The van der Waals surface area contributed by atoms with Crippen molar-refractivity contribution in [1.29, 1.82) is 0 Å². The van der Waals surface area contributed by atoms with Crippen LogP contribution in [0.15, 0.2) is 0 Å². The number of hydrogen-bond acceptors (Lipinski definition) is 4. The first-order valence-electron chi connectivity index (χ1n) is 7.54. The zero-order valence-corrected chi connectivity index (χ0v) is 13.5. The van der Waals surface area contributed by atoms with Crippen LogP contribution in [0.25, 0.3) is 0 Å². The Morgan fingerprint density at radius 1 is 1.05 bits per heavy atom. The second kappa shape index (κ2) is 5.32. The van der Waals surface area contributed by atoms with Crippen molar-refractivity contribution >= 4 is 0 Å². The fourth-order valence-electron chi connectivity index (χ4n) is 3.89. The normalized spacial score (nSPS) is 35.7. The molecule has 4 nitrogen and oxygen atoms in total. The second-order valence-corrected chi connectivity index (χ2v) is 7.29. The van der Waals surface area contributed by atoms with Gasteiger partial charge in [-0.2, -0.15) is 0 Å². The molecular weight excluding hydrogens is 238 g/mol. The van der Waals surface area contributed by atoms with Crippen molar-refractivity contribution in [3.8, 4) is 0 Å². The standard InChI is InChI=1S/C15H31N3O/c1-14(2)12(13(16-5)15(3,4)19-14)11-18-9-7-17(6)8-10-18/h12-13,16H,7-11H2,1-6H3. The molecule has 0 aromatic carbocycles. The molecule has 0 radical (unpaired) electrons. The average molecular weight is 269 g/mol. The van der Waals surface area contributed by atoms with Gasteiger partial charge in [0.1, 0.15) is 0 Å². The Labute approximate surface area is 118 Å². The summed E-state index contributed by atoms with van der Waals surface area (Å²) in [6.45, 7) is 14.8. The van der Waals surface area contributed by atoms with E-state index in [1.165, 1.54) is 26.2 Å². The van der Waals surface area contributed by atoms with Gasteiger partial charge in [-0.25, -0.2) is 0 Å². The van der Waals surface area contributed by atoms with E-state index in [4.69, 9.17) is 4.74 Å². The van der Waals surface area contributed by atoms with E-state index in [0.29, 0.717) is 12.0 Å². The van der Waals surface area contributed by atoms with Crippen LogP contribution in [0, 0.1) is 5.92 Å². The minimum absolute atomic E-state index is 0.0550. The molecule has 1 N–H and O–H groups in total. The molecule has 0 amide bonds. The van der Waals surface area contributed by atoms with Gasteiger partial charge in [0.25, 0.3) is 0 Å². The zero-order chi connectivity index (χ0) is 14.3. The Kier molecular flexibility index (Phi) is 4.26. The van der Waals surface area contributed by atoms with Gasteiger partial charge in [-0.05, 0) is 41.8 Å². The van der Waals surface area contributed by atoms with E-state index >= 15 is 0 Å². The zero-order valence-electron chi connectivity index (χ0n) is 13.5. The van der Waals surface area contributed by atoms with Gasteiger partial charge in [0.05, 0.1) is 11.2 Å². The van der Waals surface area contributed by atoms with Gasteiger partial charge >= 0.3 is 0 Å². The van der Waals surface area contributed by atoms with E-state index in [1.54, 1.807) is 0 Å². The maximum atomic E-state index is 6.32. The number of rotatable bonds is 3. The molecule has 0 aromatic rings. The molecular formula is C15H31N3O. The summed E-state index contributed by atoms with van der Waals surface area (Å²) in [5, 5.41) is 3.50. The molecule has 19 heavy (non-hydrogen) atoms.